The van der Waals surface area contributed by atoms with E-state index in [1.807, 2.05) is 13.8 Å². The van der Waals surface area contributed by atoms with Crippen LogP contribution in [0.25, 0.3) is 0 Å². The van der Waals surface area contributed by atoms with Crippen molar-refractivity contribution in [1.29, 1.82) is 0 Å². The van der Waals surface area contributed by atoms with Gasteiger partial charge >= 0.3 is 23.9 Å². The van der Waals surface area contributed by atoms with Crippen molar-refractivity contribution in [1.82, 2.24) is 0 Å². The maximum absolute atomic E-state index is 12.2. The number of methoxy groups -OCH3 is 1. The van der Waals surface area contributed by atoms with Crippen LogP contribution in [-0.2, 0) is 47.6 Å². The van der Waals surface area contributed by atoms with E-state index in [0.717, 1.165) is 34.3 Å². The normalized spacial score (nSPS) is 28.0. The lowest BCUT2D eigenvalue weighted by Crippen LogP contribution is -2.64. The fraction of sp³-hybridized carbons (Fsp3) is 0.778. The molecule has 1 heterocycles. The number of ether oxygens (including phenoxy) is 6. The highest BCUT2D eigenvalue weighted by Gasteiger charge is 2.55. The van der Waals surface area contributed by atoms with Crippen molar-refractivity contribution < 1.29 is 47.6 Å². The van der Waals surface area contributed by atoms with Crippen molar-refractivity contribution in [3.05, 3.63) is 0 Å². The van der Waals surface area contributed by atoms with Crippen molar-refractivity contribution in [2.45, 2.75) is 71.7 Å². The summed E-state index contributed by atoms with van der Waals surface area (Å²) in [6.45, 7) is 7.54. The molecule has 160 valence electrons. The van der Waals surface area contributed by atoms with E-state index in [-0.39, 0.29) is 12.5 Å². The Bertz CT molecular complexity index is 575. The molecule has 0 aromatic carbocycles. The summed E-state index contributed by atoms with van der Waals surface area (Å²) >= 11 is 0. The van der Waals surface area contributed by atoms with Crippen LogP contribution in [0.4, 0.5) is 0 Å². The van der Waals surface area contributed by atoms with Crippen molar-refractivity contribution >= 4 is 23.9 Å². The number of hydrogen-bond donors (Lipinski definition) is 0. The first kappa shape index (κ1) is 23.8. The molecule has 28 heavy (non-hydrogen) atoms. The molecule has 0 aliphatic carbocycles. The highest BCUT2D eigenvalue weighted by molar-refractivity contribution is 5.77. The second-order valence-electron chi connectivity index (χ2n) is 6.52. The van der Waals surface area contributed by atoms with Crippen LogP contribution in [0.3, 0.4) is 0 Å². The molecule has 1 aliphatic rings. The molecule has 1 fully saturated rings. The molecule has 1 aliphatic heterocycles. The lowest BCUT2D eigenvalue weighted by atomic mass is 9.97. The fourth-order valence-electron chi connectivity index (χ4n) is 2.59. The third-order valence-electron chi connectivity index (χ3n) is 4.08. The summed E-state index contributed by atoms with van der Waals surface area (Å²) in [4.78, 5) is 47.0. The van der Waals surface area contributed by atoms with Crippen LogP contribution >= 0.6 is 0 Å². The molecule has 1 saturated heterocycles. The van der Waals surface area contributed by atoms with Gasteiger partial charge in [0.05, 0.1) is 13.7 Å². The Morgan fingerprint density at radius 2 is 1.39 bits per heavy atom. The highest BCUT2D eigenvalue weighted by atomic mass is 16.7. The summed E-state index contributed by atoms with van der Waals surface area (Å²) in [5, 5.41) is 0. The second kappa shape index (κ2) is 11.0. The van der Waals surface area contributed by atoms with E-state index in [1.54, 1.807) is 0 Å². The maximum atomic E-state index is 12.2. The number of hydrogen-bond acceptors (Lipinski definition) is 10. The molecule has 10 nitrogen and oxygen atoms in total. The number of rotatable bonds is 8. The lowest BCUT2D eigenvalue weighted by Gasteiger charge is -2.43. The molecule has 0 radical (unpaired) electrons. The van der Waals surface area contributed by atoms with Crippen LogP contribution in [0.5, 0.6) is 0 Å². The second-order valence-corrected chi connectivity index (χ2v) is 6.52. The van der Waals surface area contributed by atoms with E-state index in [2.05, 4.69) is 0 Å². The Morgan fingerprint density at radius 1 is 0.893 bits per heavy atom. The smallest absolute Gasteiger partial charge is 0.339 e. The molecule has 0 aromatic heterocycles. The SMILES string of the molecule is CC[C@H](C)COC1OC(C(=O)OC)C(OC(C)=O)C(OC(C)=O)C1OC(C)=O. The summed E-state index contributed by atoms with van der Waals surface area (Å²) in [7, 11) is 1.13. The molecule has 5 unspecified atom stereocenters. The zero-order valence-electron chi connectivity index (χ0n) is 17.0. The minimum absolute atomic E-state index is 0.150. The van der Waals surface area contributed by atoms with E-state index >= 15 is 0 Å². The van der Waals surface area contributed by atoms with Gasteiger partial charge in [-0.3, -0.25) is 14.4 Å². The Kier molecular flexibility index (Phi) is 9.33. The summed E-state index contributed by atoms with van der Waals surface area (Å²) in [5.41, 5.74) is 0. The standard InChI is InChI=1S/C18H28O10/c1-7-9(2)8-24-18-16(27-12(5)21)14(26-11(4)20)13(25-10(3)19)15(28-18)17(22)23-6/h9,13-16,18H,7-8H2,1-6H3/t9-,13?,14?,15?,16?,18?/m0/s1. The topological polar surface area (TPSA) is 124 Å². The Labute approximate surface area is 163 Å². The molecule has 0 spiro atoms. The van der Waals surface area contributed by atoms with Crippen LogP contribution in [0, 0.1) is 5.92 Å². The van der Waals surface area contributed by atoms with Gasteiger partial charge in [-0.05, 0) is 5.92 Å². The lowest BCUT2D eigenvalue weighted by molar-refractivity contribution is -0.303. The number of carbonyl (C=O) groups excluding carboxylic acids is 4. The fourth-order valence-corrected chi connectivity index (χ4v) is 2.59. The van der Waals surface area contributed by atoms with Gasteiger partial charge in [-0.25, -0.2) is 4.79 Å². The van der Waals surface area contributed by atoms with Gasteiger partial charge in [-0.15, -0.1) is 0 Å². The maximum Gasteiger partial charge on any atom is 0.339 e. The number of carbonyl (C=O) groups is 4. The first-order valence-corrected chi connectivity index (χ1v) is 8.97. The van der Waals surface area contributed by atoms with Gasteiger partial charge in [0.1, 0.15) is 0 Å². The largest absolute Gasteiger partial charge is 0.467 e. The summed E-state index contributed by atoms with van der Waals surface area (Å²) in [6, 6.07) is 0. The third-order valence-corrected chi connectivity index (χ3v) is 4.08. The molecular weight excluding hydrogens is 376 g/mol. The van der Waals surface area contributed by atoms with E-state index in [4.69, 9.17) is 28.4 Å². The van der Waals surface area contributed by atoms with E-state index in [9.17, 15) is 19.2 Å². The van der Waals surface area contributed by atoms with Crippen molar-refractivity contribution in [3.63, 3.8) is 0 Å². The number of esters is 4. The molecular formula is C18H28O10. The van der Waals surface area contributed by atoms with E-state index in [1.165, 1.54) is 0 Å². The van der Waals surface area contributed by atoms with E-state index in [0.29, 0.717) is 0 Å². The molecule has 1 rings (SSSR count). The van der Waals surface area contributed by atoms with Gasteiger partial charge in [0.15, 0.2) is 30.7 Å². The van der Waals surface area contributed by atoms with Crippen LogP contribution in [0.2, 0.25) is 0 Å². The Morgan fingerprint density at radius 3 is 1.86 bits per heavy atom. The predicted octanol–water partition coefficient (Wildman–Crippen LogP) is 0.742. The third kappa shape index (κ3) is 6.75. The van der Waals surface area contributed by atoms with Gasteiger partial charge in [0, 0.05) is 20.8 Å². The van der Waals surface area contributed by atoms with Crippen molar-refractivity contribution in [3.8, 4) is 0 Å². The first-order valence-electron chi connectivity index (χ1n) is 8.97. The van der Waals surface area contributed by atoms with Crippen LogP contribution < -0.4 is 0 Å². The molecule has 0 amide bonds. The van der Waals surface area contributed by atoms with E-state index < -0.39 is 54.6 Å². The molecule has 0 bridgehead atoms. The molecule has 10 heteroatoms. The highest BCUT2D eigenvalue weighted by Crippen LogP contribution is 2.30. The summed E-state index contributed by atoms with van der Waals surface area (Å²) < 4.78 is 31.7. The molecule has 6 atom stereocenters. The van der Waals surface area contributed by atoms with Gasteiger partial charge in [-0.2, -0.15) is 0 Å². The summed E-state index contributed by atoms with van der Waals surface area (Å²) in [6.07, 6.45) is -5.83. The molecule has 0 N–H and O–H groups in total. The average Bonchev–Trinajstić information content (AvgIpc) is 2.61. The van der Waals surface area contributed by atoms with Gasteiger partial charge < -0.3 is 28.4 Å². The quantitative estimate of drug-likeness (QED) is 0.423. The average molecular weight is 404 g/mol. The van der Waals surface area contributed by atoms with Crippen molar-refractivity contribution in [2.75, 3.05) is 13.7 Å². The zero-order chi connectivity index (χ0) is 21.4. The van der Waals surface area contributed by atoms with Crippen LogP contribution in [0.15, 0.2) is 0 Å². The van der Waals surface area contributed by atoms with Gasteiger partial charge in [0.25, 0.3) is 0 Å². The van der Waals surface area contributed by atoms with Gasteiger partial charge in [0.2, 0.25) is 0 Å². The zero-order valence-corrected chi connectivity index (χ0v) is 17.0. The summed E-state index contributed by atoms with van der Waals surface area (Å²) in [5.74, 6) is -2.88. The monoisotopic (exact) mass is 404 g/mol. The molecule has 0 aromatic rings. The van der Waals surface area contributed by atoms with Crippen LogP contribution in [-0.4, -0.2) is 68.3 Å². The van der Waals surface area contributed by atoms with Gasteiger partial charge in [-0.1, -0.05) is 20.3 Å². The first-order chi connectivity index (χ1) is 13.1. The Balaban J connectivity index is 3.30. The minimum Gasteiger partial charge on any atom is -0.467 e. The predicted molar refractivity (Wildman–Crippen MR) is 92.7 cm³/mol. The van der Waals surface area contributed by atoms with Crippen molar-refractivity contribution in [2.24, 2.45) is 5.92 Å². The Hall–Kier alpha value is -2.20. The minimum atomic E-state index is -1.44. The van der Waals surface area contributed by atoms with Crippen LogP contribution in [0.1, 0.15) is 41.0 Å². The molecule has 0 saturated carbocycles.